The van der Waals surface area contributed by atoms with Crippen molar-refractivity contribution in [2.24, 2.45) is 17.3 Å². The van der Waals surface area contributed by atoms with Gasteiger partial charge in [0.1, 0.15) is 0 Å². The zero-order valence-corrected chi connectivity index (χ0v) is 17.8. The molecule has 0 radical (unpaired) electrons. The van der Waals surface area contributed by atoms with Crippen LogP contribution in [0.25, 0.3) is 0 Å². The van der Waals surface area contributed by atoms with Crippen LogP contribution in [0.1, 0.15) is 66.2 Å². The molecule has 0 aromatic rings. The summed E-state index contributed by atoms with van der Waals surface area (Å²) in [4.78, 5) is 19.7. The van der Waals surface area contributed by atoms with Gasteiger partial charge in [-0.3, -0.25) is 4.79 Å². The summed E-state index contributed by atoms with van der Waals surface area (Å²) in [5, 5.41) is 3.02. The third-order valence-electron chi connectivity index (χ3n) is 5.37. The normalized spacial score (nSPS) is 25.2. The SMILES string of the molecule is CCC(C)C1(C(C)CC)CCCC(NC=O)C1.O=C[NH][Ti+2].[Cl-].[Cl-]. The van der Waals surface area contributed by atoms with Gasteiger partial charge < -0.3 is 30.1 Å². The van der Waals surface area contributed by atoms with E-state index in [0.29, 0.717) is 17.9 Å². The Bertz CT molecular complexity index is 300. The summed E-state index contributed by atoms with van der Waals surface area (Å²) < 4.78 is 2.25. The van der Waals surface area contributed by atoms with Gasteiger partial charge in [-0.2, -0.15) is 0 Å². The molecule has 1 aliphatic rings. The van der Waals surface area contributed by atoms with E-state index in [0.717, 1.165) is 24.7 Å². The number of carbonyl (C=O) groups excluding carboxylic acids is 2. The monoisotopic (exact) mass is 401 g/mol. The molecule has 0 aromatic carbocycles. The average Bonchev–Trinajstić information content (AvgIpc) is 2.53. The number of nitrogens with one attached hydrogen (secondary N) is 2. The standard InChI is InChI=1S/C15H29NO.CH3NO.2ClH.Ti/c1-5-12(3)15(13(4)6-2)9-7-8-14(10-15)16-11-17;2-1-3;;;/h11-14H,5-10H2,1-4H3,(H,16,17);1H,(H2,2,3);2*1H;/q;;;;+3/p-3. The van der Waals surface area contributed by atoms with E-state index >= 15 is 0 Å². The Labute approximate surface area is 166 Å². The smallest absolute Gasteiger partial charge is 1.00 e. The van der Waals surface area contributed by atoms with Crippen LogP contribution in [0, 0.1) is 17.3 Å². The van der Waals surface area contributed by atoms with Crippen molar-refractivity contribution in [3.63, 3.8) is 0 Å². The molecular weight excluding hydrogens is 371 g/mol. The molecule has 3 unspecified atom stereocenters. The van der Waals surface area contributed by atoms with Crippen molar-refractivity contribution in [1.82, 2.24) is 9.12 Å². The molecule has 135 valence electrons. The van der Waals surface area contributed by atoms with Crippen molar-refractivity contribution in [2.75, 3.05) is 0 Å². The first kappa shape index (κ1) is 28.1. The Balaban J connectivity index is -0.000000598. The molecule has 0 aliphatic heterocycles. The molecule has 2 amide bonds. The van der Waals surface area contributed by atoms with Crippen molar-refractivity contribution >= 4 is 12.8 Å². The molecule has 1 aliphatic carbocycles. The van der Waals surface area contributed by atoms with Gasteiger partial charge in [-0.15, -0.1) is 0 Å². The van der Waals surface area contributed by atoms with E-state index in [1.807, 2.05) is 0 Å². The Morgan fingerprint density at radius 3 is 1.96 bits per heavy atom. The number of hydrogen-bond donors (Lipinski definition) is 2. The predicted octanol–water partition coefficient (Wildman–Crippen LogP) is -3.04. The molecule has 4 nitrogen and oxygen atoms in total. The molecule has 2 N–H and O–H groups in total. The van der Waals surface area contributed by atoms with Gasteiger partial charge in [-0.25, -0.2) is 0 Å². The first-order valence-corrected chi connectivity index (χ1v) is 8.85. The van der Waals surface area contributed by atoms with Crippen LogP contribution >= 0.6 is 0 Å². The first-order valence-electron chi connectivity index (χ1n) is 8.07. The summed E-state index contributed by atoms with van der Waals surface area (Å²) >= 11 is 1.56. The molecule has 0 saturated heterocycles. The molecule has 1 saturated carbocycles. The molecule has 0 heterocycles. The van der Waals surface area contributed by atoms with Gasteiger partial charge in [-0.1, -0.05) is 47.0 Å². The van der Waals surface area contributed by atoms with Gasteiger partial charge in [0.25, 0.3) is 0 Å². The summed E-state index contributed by atoms with van der Waals surface area (Å²) in [6.07, 6.45) is 8.95. The van der Waals surface area contributed by atoms with Crippen molar-refractivity contribution in [2.45, 2.75) is 72.3 Å². The molecule has 0 aromatic heterocycles. The van der Waals surface area contributed by atoms with Crippen LogP contribution in [0.15, 0.2) is 0 Å². The zero-order valence-electron chi connectivity index (χ0n) is 14.7. The van der Waals surface area contributed by atoms with E-state index in [9.17, 15) is 4.79 Å². The minimum atomic E-state index is 0. The van der Waals surface area contributed by atoms with Gasteiger partial charge in [0, 0.05) is 6.04 Å². The van der Waals surface area contributed by atoms with E-state index in [4.69, 9.17) is 4.79 Å². The Hall–Kier alpha value is 0.234. The molecule has 7 heteroatoms. The van der Waals surface area contributed by atoms with E-state index in [1.165, 1.54) is 32.1 Å². The molecule has 0 bridgehead atoms. The van der Waals surface area contributed by atoms with Gasteiger partial charge in [0.2, 0.25) is 6.41 Å². The second kappa shape index (κ2) is 15.7. The zero-order chi connectivity index (χ0) is 16.3. The van der Waals surface area contributed by atoms with Crippen LogP contribution in [-0.2, 0) is 30.3 Å². The van der Waals surface area contributed by atoms with E-state index in [1.54, 1.807) is 20.7 Å². The van der Waals surface area contributed by atoms with Crippen molar-refractivity contribution in [1.29, 1.82) is 0 Å². The van der Waals surface area contributed by atoms with Gasteiger partial charge in [0.15, 0.2) is 0 Å². The third kappa shape index (κ3) is 8.76. The van der Waals surface area contributed by atoms with Gasteiger partial charge in [0.05, 0.1) is 0 Å². The second-order valence-electron chi connectivity index (χ2n) is 6.19. The van der Waals surface area contributed by atoms with Gasteiger partial charge in [-0.05, 0) is 36.5 Å². The fraction of sp³-hybridized carbons (Fsp3) is 0.875. The number of halogens is 2. The maximum atomic E-state index is 10.7. The molecule has 0 spiro atoms. The van der Waals surface area contributed by atoms with E-state index in [2.05, 4.69) is 36.8 Å². The Kier molecular flexibility index (Phi) is 19.2. The third-order valence-corrected chi connectivity index (χ3v) is 5.56. The minimum Gasteiger partial charge on any atom is -1.00 e. The number of hydrogen-bond acceptors (Lipinski definition) is 2. The summed E-state index contributed by atoms with van der Waals surface area (Å²) in [6, 6.07) is 0.407. The van der Waals surface area contributed by atoms with Crippen LogP contribution in [0.2, 0.25) is 0 Å². The quantitative estimate of drug-likeness (QED) is 0.352. The summed E-state index contributed by atoms with van der Waals surface area (Å²) in [7, 11) is 0. The number of amides is 2. The largest absolute Gasteiger partial charge is 1.00 e. The second-order valence-corrected chi connectivity index (χ2v) is 6.64. The molecular formula is C16H31Cl2N2O2Ti. The molecule has 1 rings (SSSR count). The summed E-state index contributed by atoms with van der Waals surface area (Å²) in [5.74, 6) is 1.52. The van der Waals surface area contributed by atoms with Crippen LogP contribution in [0.4, 0.5) is 0 Å². The Morgan fingerprint density at radius 1 is 1.13 bits per heavy atom. The van der Waals surface area contributed by atoms with E-state index < -0.39 is 0 Å². The van der Waals surface area contributed by atoms with Crippen molar-refractivity contribution in [3.8, 4) is 0 Å². The van der Waals surface area contributed by atoms with Crippen molar-refractivity contribution < 1.29 is 55.1 Å². The first-order chi connectivity index (χ1) is 10.0. The van der Waals surface area contributed by atoms with Crippen molar-refractivity contribution in [3.05, 3.63) is 0 Å². The van der Waals surface area contributed by atoms with Crippen LogP contribution in [0.5, 0.6) is 0 Å². The van der Waals surface area contributed by atoms with Crippen LogP contribution < -0.4 is 33.9 Å². The summed E-state index contributed by atoms with van der Waals surface area (Å²) in [5.41, 5.74) is 0.447. The predicted molar refractivity (Wildman–Crippen MR) is 82.0 cm³/mol. The average molecular weight is 402 g/mol. The fourth-order valence-corrected chi connectivity index (χ4v) is 3.77. The maximum Gasteiger partial charge on any atom is -1.00 e. The summed E-state index contributed by atoms with van der Waals surface area (Å²) in [6.45, 7) is 9.39. The fourth-order valence-electron chi connectivity index (χ4n) is 3.77. The minimum absolute atomic E-state index is 0. The van der Waals surface area contributed by atoms with Crippen LogP contribution in [0.3, 0.4) is 0 Å². The van der Waals surface area contributed by atoms with Crippen LogP contribution in [-0.4, -0.2) is 18.9 Å². The molecule has 1 fully saturated rings. The Morgan fingerprint density at radius 2 is 1.61 bits per heavy atom. The molecule has 23 heavy (non-hydrogen) atoms. The molecule has 3 atom stereocenters. The number of carbonyl (C=O) groups is 2. The topological polar surface area (TPSA) is 58.2 Å². The van der Waals surface area contributed by atoms with E-state index in [-0.39, 0.29) is 24.8 Å². The maximum absolute atomic E-state index is 10.7. The number of rotatable bonds is 7. The van der Waals surface area contributed by atoms with Gasteiger partial charge >= 0.3 is 35.7 Å².